The SMILES string of the molecule is CCC1C(=O)NC(=O)CN1c1ccncc1N. The fourth-order valence-electron chi connectivity index (χ4n) is 1.99. The number of amides is 2. The summed E-state index contributed by atoms with van der Waals surface area (Å²) < 4.78 is 0. The molecule has 0 bridgehead atoms. The van der Waals surface area contributed by atoms with E-state index >= 15 is 0 Å². The van der Waals surface area contributed by atoms with Crippen LogP contribution in [0.25, 0.3) is 0 Å². The van der Waals surface area contributed by atoms with Crippen LogP contribution in [0, 0.1) is 0 Å². The molecule has 6 nitrogen and oxygen atoms in total. The third-order valence-electron chi connectivity index (χ3n) is 2.78. The van der Waals surface area contributed by atoms with Gasteiger partial charge in [0.05, 0.1) is 24.1 Å². The van der Waals surface area contributed by atoms with E-state index in [0.29, 0.717) is 17.8 Å². The number of nitrogens with zero attached hydrogens (tertiary/aromatic N) is 2. The van der Waals surface area contributed by atoms with Gasteiger partial charge in [0.15, 0.2) is 0 Å². The number of pyridine rings is 1. The smallest absolute Gasteiger partial charge is 0.249 e. The fourth-order valence-corrected chi connectivity index (χ4v) is 1.99. The van der Waals surface area contributed by atoms with E-state index in [2.05, 4.69) is 10.3 Å². The number of carbonyl (C=O) groups excluding carboxylic acids is 2. The maximum atomic E-state index is 11.7. The van der Waals surface area contributed by atoms with Crippen LogP contribution < -0.4 is 16.0 Å². The number of imide groups is 1. The van der Waals surface area contributed by atoms with Crippen molar-refractivity contribution in [2.75, 3.05) is 17.2 Å². The molecule has 0 aliphatic carbocycles. The van der Waals surface area contributed by atoms with Crippen molar-refractivity contribution in [3.8, 4) is 0 Å². The standard InChI is InChI=1S/C11H14N4O2/c1-2-8-11(17)14-10(16)6-15(8)9-3-4-13-5-7(9)12/h3-5,8H,2,6,12H2,1H3,(H,14,16,17). The predicted octanol–water partition coefficient (Wildman–Crippen LogP) is -0.0948. The Labute approximate surface area is 98.8 Å². The first-order valence-electron chi connectivity index (χ1n) is 5.43. The lowest BCUT2D eigenvalue weighted by Gasteiger charge is -2.35. The van der Waals surface area contributed by atoms with Crippen molar-refractivity contribution < 1.29 is 9.59 Å². The van der Waals surface area contributed by atoms with E-state index in [1.165, 1.54) is 6.20 Å². The van der Waals surface area contributed by atoms with Crippen LogP contribution in [-0.2, 0) is 9.59 Å². The molecule has 1 saturated heterocycles. The summed E-state index contributed by atoms with van der Waals surface area (Å²) in [6, 6.07) is 1.35. The van der Waals surface area contributed by atoms with Crippen LogP contribution in [-0.4, -0.2) is 29.4 Å². The van der Waals surface area contributed by atoms with Crippen molar-refractivity contribution in [2.45, 2.75) is 19.4 Å². The third-order valence-corrected chi connectivity index (χ3v) is 2.78. The molecule has 1 fully saturated rings. The molecule has 90 valence electrons. The number of nitrogens with two attached hydrogens (primary N) is 1. The molecule has 6 heteroatoms. The van der Waals surface area contributed by atoms with Gasteiger partial charge in [0.2, 0.25) is 11.8 Å². The molecular weight excluding hydrogens is 220 g/mol. The van der Waals surface area contributed by atoms with E-state index in [0.717, 1.165) is 0 Å². The van der Waals surface area contributed by atoms with Crippen molar-refractivity contribution in [1.29, 1.82) is 0 Å². The Balaban J connectivity index is 2.38. The Kier molecular flexibility index (Phi) is 2.95. The number of nitrogens with one attached hydrogen (secondary N) is 1. The number of rotatable bonds is 2. The van der Waals surface area contributed by atoms with Gasteiger partial charge in [0.1, 0.15) is 6.04 Å². The highest BCUT2D eigenvalue weighted by Crippen LogP contribution is 2.25. The summed E-state index contributed by atoms with van der Waals surface area (Å²) in [5.74, 6) is -0.587. The first-order valence-corrected chi connectivity index (χ1v) is 5.43. The number of anilines is 2. The number of hydrogen-bond acceptors (Lipinski definition) is 5. The molecule has 0 spiro atoms. The monoisotopic (exact) mass is 234 g/mol. The van der Waals surface area contributed by atoms with Gasteiger partial charge in [0, 0.05) is 6.20 Å². The molecule has 1 unspecified atom stereocenters. The van der Waals surface area contributed by atoms with Gasteiger partial charge in [-0.1, -0.05) is 6.92 Å². The van der Waals surface area contributed by atoms with Gasteiger partial charge in [-0.2, -0.15) is 0 Å². The Bertz CT molecular complexity index is 461. The second kappa shape index (κ2) is 4.40. The number of carbonyl (C=O) groups is 2. The third kappa shape index (κ3) is 2.06. The fraction of sp³-hybridized carbons (Fsp3) is 0.364. The molecule has 1 atom stereocenters. The summed E-state index contributed by atoms with van der Waals surface area (Å²) in [5, 5.41) is 2.32. The zero-order valence-corrected chi connectivity index (χ0v) is 9.51. The summed E-state index contributed by atoms with van der Waals surface area (Å²) in [4.78, 5) is 28.7. The number of aromatic nitrogens is 1. The molecule has 1 aromatic rings. The summed E-state index contributed by atoms with van der Waals surface area (Å²) in [6.07, 6.45) is 3.72. The first kappa shape index (κ1) is 11.4. The summed E-state index contributed by atoms with van der Waals surface area (Å²) >= 11 is 0. The minimum absolute atomic E-state index is 0.137. The van der Waals surface area contributed by atoms with Crippen LogP contribution in [0.5, 0.6) is 0 Å². The van der Waals surface area contributed by atoms with E-state index in [4.69, 9.17) is 5.73 Å². The van der Waals surface area contributed by atoms with Crippen LogP contribution in [0.2, 0.25) is 0 Å². The second-order valence-electron chi connectivity index (χ2n) is 3.90. The maximum absolute atomic E-state index is 11.7. The van der Waals surface area contributed by atoms with E-state index in [1.54, 1.807) is 17.2 Å². The zero-order valence-electron chi connectivity index (χ0n) is 9.51. The summed E-state index contributed by atoms with van der Waals surface area (Å²) in [5.41, 5.74) is 6.95. The Morgan fingerprint density at radius 2 is 2.35 bits per heavy atom. The molecule has 2 rings (SSSR count). The van der Waals surface area contributed by atoms with E-state index in [1.807, 2.05) is 6.92 Å². The normalized spacial score (nSPS) is 20.3. The van der Waals surface area contributed by atoms with Gasteiger partial charge in [0.25, 0.3) is 0 Å². The minimum atomic E-state index is -0.364. The molecule has 1 aromatic heterocycles. The van der Waals surface area contributed by atoms with Gasteiger partial charge in [-0.05, 0) is 12.5 Å². The number of nitrogen functional groups attached to an aromatic ring is 1. The van der Waals surface area contributed by atoms with Gasteiger partial charge < -0.3 is 10.6 Å². The highest BCUT2D eigenvalue weighted by atomic mass is 16.2. The topological polar surface area (TPSA) is 88.3 Å². The van der Waals surface area contributed by atoms with Crippen LogP contribution in [0.3, 0.4) is 0 Å². The average Bonchev–Trinajstić information content (AvgIpc) is 2.28. The molecule has 2 heterocycles. The lowest BCUT2D eigenvalue weighted by Crippen LogP contribution is -2.58. The van der Waals surface area contributed by atoms with Crippen LogP contribution >= 0.6 is 0 Å². The maximum Gasteiger partial charge on any atom is 0.249 e. The van der Waals surface area contributed by atoms with Gasteiger partial charge in [-0.3, -0.25) is 19.9 Å². The van der Waals surface area contributed by atoms with Crippen molar-refractivity contribution in [3.05, 3.63) is 18.5 Å². The summed E-state index contributed by atoms with van der Waals surface area (Å²) in [7, 11) is 0. The largest absolute Gasteiger partial charge is 0.396 e. The molecule has 3 N–H and O–H groups in total. The van der Waals surface area contributed by atoms with E-state index in [-0.39, 0.29) is 24.4 Å². The van der Waals surface area contributed by atoms with Crippen molar-refractivity contribution in [1.82, 2.24) is 10.3 Å². The molecule has 2 amide bonds. The van der Waals surface area contributed by atoms with Gasteiger partial charge >= 0.3 is 0 Å². The Morgan fingerprint density at radius 1 is 1.59 bits per heavy atom. The van der Waals surface area contributed by atoms with Gasteiger partial charge in [-0.25, -0.2) is 0 Å². The average molecular weight is 234 g/mol. The second-order valence-corrected chi connectivity index (χ2v) is 3.90. The highest BCUT2D eigenvalue weighted by Gasteiger charge is 2.33. The number of piperazine rings is 1. The van der Waals surface area contributed by atoms with Crippen LogP contribution in [0.15, 0.2) is 18.5 Å². The predicted molar refractivity (Wildman–Crippen MR) is 63.2 cm³/mol. The molecule has 1 aliphatic heterocycles. The zero-order chi connectivity index (χ0) is 12.4. The van der Waals surface area contributed by atoms with Crippen molar-refractivity contribution in [2.24, 2.45) is 0 Å². The Morgan fingerprint density at radius 3 is 3.00 bits per heavy atom. The van der Waals surface area contributed by atoms with E-state index < -0.39 is 0 Å². The van der Waals surface area contributed by atoms with Crippen LogP contribution in [0.4, 0.5) is 11.4 Å². The molecule has 1 aliphatic rings. The molecule has 0 saturated carbocycles. The van der Waals surface area contributed by atoms with Crippen LogP contribution in [0.1, 0.15) is 13.3 Å². The molecule has 0 radical (unpaired) electrons. The van der Waals surface area contributed by atoms with Crippen molar-refractivity contribution in [3.63, 3.8) is 0 Å². The minimum Gasteiger partial charge on any atom is -0.396 e. The molecule has 17 heavy (non-hydrogen) atoms. The highest BCUT2D eigenvalue weighted by molar-refractivity contribution is 6.05. The number of hydrogen-bond donors (Lipinski definition) is 2. The van der Waals surface area contributed by atoms with Gasteiger partial charge in [-0.15, -0.1) is 0 Å². The lowest BCUT2D eigenvalue weighted by molar-refractivity contribution is -0.132. The summed E-state index contributed by atoms with van der Waals surface area (Å²) in [6.45, 7) is 2.03. The van der Waals surface area contributed by atoms with E-state index in [9.17, 15) is 9.59 Å². The molecular formula is C11H14N4O2. The lowest BCUT2D eigenvalue weighted by atomic mass is 10.1. The Hall–Kier alpha value is -2.11. The quantitative estimate of drug-likeness (QED) is 0.698. The molecule has 0 aromatic carbocycles. The first-order chi connectivity index (χ1) is 8.13. The van der Waals surface area contributed by atoms with Crippen molar-refractivity contribution >= 4 is 23.2 Å².